The van der Waals surface area contributed by atoms with Gasteiger partial charge in [0, 0.05) is 13.0 Å². The number of amidine groups is 1. The van der Waals surface area contributed by atoms with Crippen LogP contribution in [0.1, 0.15) is 26.2 Å². The first-order valence-electron chi connectivity index (χ1n) is 5.56. The van der Waals surface area contributed by atoms with E-state index in [4.69, 9.17) is 15.5 Å². The minimum atomic E-state index is -1.02. The second-order valence-corrected chi connectivity index (χ2v) is 4.01. The van der Waals surface area contributed by atoms with Crippen molar-refractivity contribution in [1.29, 1.82) is 0 Å². The Hall–Kier alpha value is -2.12. The van der Waals surface area contributed by atoms with Crippen LogP contribution in [0.3, 0.4) is 0 Å². The normalized spacial score (nSPS) is 15.1. The number of aromatic nitrogens is 2. The number of amides is 1. The van der Waals surface area contributed by atoms with Crippen LogP contribution in [0.5, 0.6) is 0 Å². The van der Waals surface area contributed by atoms with Crippen LogP contribution in [0, 0.1) is 5.41 Å². The number of carbonyl (C=O) groups excluding carboxylic acids is 1. The monoisotopic (exact) mass is 255 g/mol. The molecule has 0 aliphatic rings. The number of rotatable bonds is 6. The largest absolute Gasteiger partial charge is 0.409 e. The van der Waals surface area contributed by atoms with Crippen LogP contribution in [-0.2, 0) is 11.2 Å². The molecule has 0 spiro atoms. The van der Waals surface area contributed by atoms with Crippen molar-refractivity contribution in [3.05, 3.63) is 12.2 Å². The SMILES string of the molecule is CCC(C)(C(=O)NCCc1ncno1)C(N)=NO. The van der Waals surface area contributed by atoms with Crippen molar-refractivity contribution in [2.24, 2.45) is 16.3 Å². The lowest BCUT2D eigenvalue weighted by molar-refractivity contribution is -0.127. The Morgan fingerprint density at radius 2 is 2.44 bits per heavy atom. The molecule has 1 aromatic heterocycles. The molecule has 0 radical (unpaired) electrons. The third kappa shape index (κ3) is 2.96. The predicted octanol–water partition coefficient (Wildman–Crippen LogP) is -0.109. The molecule has 100 valence electrons. The highest BCUT2D eigenvalue weighted by molar-refractivity contribution is 6.06. The Labute approximate surface area is 104 Å². The van der Waals surface area contributed by atoms with Crippen molar-refractivity contribution in [3.8, 4) is 0 Å². The highest BCUT2D eigenvalue weighted by Gasteiger charge is 2.36. The van der Waals surface area contributed by atoms with E-state index in [2.05, 4.69) is 20.6 Å². The Bertz CT molecular complexity index is 417. The van der Waals surface area contributed by atoms with Gasteiger partial charge in [-0.05, 0) is 13.3 Å². The molecular formula is C10H17N5O3. The quantitative estimate of drug-likeness (QED) is 0.282. The van der Waals surface area contributed by atoms with Gasteiger partial charge in [0.15, 0.2) is 12.2 Å². The Balaban J connectivity index is 2.53. The average Bonchev–Trinajstić information content (AvgIpc) is 2.89. The first kappa shape index (κ1) is 13.9. The van der Waals surface area contributed by atoms with Crippen LogP contribution in [-0.4, -0.2) is 33.6 Å². The average molecular weight is 255 g/mol. The van der Waals surface area contributed by atoms with E-state index in [9.17, 15) is 4.79 Å². The topological polar surface area (TPSA) is 127 Å². The van der Waals surface area contributed by atoms with E-state index in [1.165, 1.54) is 6.33 Å². The van der Waals surface area contributed by atoms with E-state index in [-0.39, 0.29) is 11.7 Å². The molecular weight excluding hydrogens is 238 g/mol. The molecule has 1 amide bonds. The summed E-state index contributed by atoms with van der Waals surface area (Å²) >= 11 is 0. The van der Waals surface area contributed by atoms with E-state index in [1.807, 2.05) is 0 Å². The number of nitrogens with zero attached hydrogens (tertiary/aromatic N) is 3. The summed E-state index contributed by atoms with van der Waals surface area (Å²) in [5, 5.41) is 17.7. The second-order valence-electron chi connectivity index (χ2n) is 4.01. The molecule has 0 aliphatic carbocycles. The molecule has 1 aromatic rings. The Morgan fingerprint density at radius 1 is 1.72 bits per heavy atom. The first-order chi connectivity index (χ1) is 8.54. The van der Waals surface area contributed by atoms with Gasteiger partial charge < -0.3 is 20.8 Å². The summed E-state index contributed by atoms with van der Waals surface area (Å²) < 4.78 is 4.80. The summed E-state index contributed by atoms with van der Waals surface area (Å²) in [6, 6.07) is 0. The van der Waals surface area contributed by atoms with Gasteiger partial charge in [-0.2, -0.15) is 4.98 Å². The summed E-state index contributed by atoms with van der Waals surface area (Å²) in [5.74, 6) is 0.0254. The molecule has 0 aliphatic heterocycles. The van der Waals surface area contributed by atoms with Gasteiger partial charge in [0.25, 0.3) is 0 Å². The molecule has 8 heteroatoms. The highest BCUT2D eigenvalue weighted by Crippen LogP contribution is 2.21. The van der Waals surface area contributed by atoms with Crippen LogP contribution >= 0.6 is 0 Å². The van der Waals surface area contributed by atoms with Crippen molar-refractivity contribution in [3.63, 3.8) is 0 Å². The first-order valence-corrected chi connectivity index (χ1v) is 5.56. The summed E-state index contributed by atoms with van der Waals surface area (Å²) in [6.07, 6.45) is 2.15. The van der Waals surface area contributed by atoms with Crippen molar-refractivity contribution in [2.75, 3.05) is 6.54 Å². The van der Waals surface area contributed by atoms with E-state index < -0.39 is 5.41 Å². The molecule has 18 heavy (non-hydrogen) atoms. The fraction of sp³-hybridized carbons (Fsp3) is 0.600. The minimum Gasteiger partial charge on any atom is -0.409 e. The number of carbonyl (C=O) groups is 1. The van der Waals surface area contributed by atoms with Gasteiger partial charge in [0.1, 0.15) is 5.41 Å². The minimum absolute atomic E-state index is 0.111. The van der Waals surface area contributed by atoms with Crippen molar-refractivity contribution >= 4 is 11.7 Å². The van der Waals surface area contributed by atoms with E-state index >= 15 is 0 Å². The number of hydrogen-bond donors (Lipinski definition) is 3. The van der Waals surface area contributed by atoms with Crippen molar-refractivity contribution in [2.45, 2.75) is 26.7 Å². The number of oxime groups is 1. The molecule has 0 aromatic carbocycles. The summed E-state index contributed by atoms with van der Waals surface area (Å²) in [5.41, 5.74) is 4.50. The lowest BCUT2D eigenvalue weighted by Gasteiger charge is -2.25. The molecule has 4 N–H and O–H groups in total. The van der Waals surface area contributed by atoms with E-state index in [0.717, 1.165) is 0 Å². The van der Waals surface area contributed by atoms with Gasteiger partial charge in [-0.1, -0.05) is 17.2 Å². The Kier molecular flexibility index (Phi) is 4.64. The second kappa shape index (κ2) is 5.99. The molecule has 1 unspecified atom stereocenters. The summed E-state index contributed by atoms with van der Waals surface area (Å²) in [7, 11) is 0. The smallest absolute Gasteiger partial charge is 0.233 e. The molecule has 1 heterocycles. The van der Waals surface area contributed by atoms with Crippen LogP contribution in [0.25, 0.3) is 0 Å². The Morgan fingerprint density at radius 3 is 2.94 bits per heavy atom. The maximum Gasteiger partial charge on any atom is 0.233 e. The number of hydrogen-bond acceptors (Lipinski definition) is 6. The van der Waals surface area contributed by atoms with Gasteiger partial charge >= 0.3 is 0 Å². The van der Waals surface area contributed by atoms with Crippen LogP contribution in [0.4, 0.5) is 0 Å². The van der Waals surface area contributed by atoms with Gasteiger partial charge in [-0.15, -0.1) is 0 Å². The van der Waals surface area contributed by atoms with Crippen LogP contribution in [0.2, 0.25) is 0 Å². The molecule has 0 bridgehead atoms. The molecule has 0 saturated heterocycles. The third-order valence-electron chi connectivity index (χ3n) is 2.91. The molecule has 0 fully saturated rings. The van der Waals surface area contributed by atoms with Gasteiger partial charge in [-0.3, -0.25) is 4.79 Å². The van der Waals surface area contributed by atoms with Gasteiger partial charge in [-0.25, -0.2) is 0 Å². The summed E-state index contributed by atoms with van der Waals surface area (Å²) in [6.45, 7) is 3.75. The van der Waals surface area contributed by atoms with E-state index in [1.54, 1.807) is 13.8 Å². The maximum absolute atomic E-state index is 12.0. The summed E-state index contributed by atoms with van der Waals surface area (Å²) in [4.78, 5) is 15.8. The predicted molar refractivity (Wildman–Crippen MR) is 62.8 cm³/mol. The molecule has 8 nitrogen and oxygen atoms in total. The fourth-order valence-corrected chi connectivity index (χ4v) is 1.35. The standard InChI is InChI=1S/C10H17N5O3/c1-3-10(2,8(11)15-17)9(16)12-5-4-7-13-6-14-18-7/h6,17H,3-5H2,1-2H3,(H2,11,15)(H,12,16). The van der Waals surface area contributed by atoms with Crippen LogP contribution in [0.15, 0.2) is 16.0 Å². The molecule has 1 atom stereocenters. The van der Waals surface area contributed by atoms with Gasteiger partial charge in [0.05, 0.1) is 0 Å². The maximum atomic E-state index is 12.0. The zero-order chi connectivity index (χ0) is 13.6. The lowest BCUT2D eigenvalue weighted by Crippen LogP contribution is -2.48. The van der Waals surface area contributed by atoms with E-state index in [0.29, 0.717) is 25.3 Å². The zero-order valence-corrected chi connectivity index (χ0v) is 10.4. The third-order valence-corrected chi connectivity index (χ3v) is 2.91. The molecule has 1 rings (SSSR count). The highest BCUT2D eigenvalue weighted by atomic mass is 16.5. The lowest BCUT2D eigenvalue weighted by atomic mass is 9.85. The number of nitrogens with two attached hydrogens (primary N) is 1. The zero-order valence-electron chi connectivity index (χ0n) is 10.4. The van der Waals surface area contributed by atoms with Crippen molar-refractivity contribution < 1.29 is 14.5 Å². The molecule has 0 saturated carbocycles. The van der Waals surface area contributed by atoms with Crippen molar-refractivity contribution in [1.82, 2.24) is 15.5 Å². The number of nitrogens with one attached hydrogen (secondary N) is 1. The van der Waals surface area contributed by atoms with Crippen LogP contribution < -0.4 is 11.1 Å². The van der Waals surface area contributed by atoms with Gasteiger partial charge in [0.2, 0.25) is 11.8 Å². The fourth-order valence-electron chi connectivity index (χ4n) is 1.35.